The zero-order valence-electron chi connectivity index (χ0n) is 22.7. The summed E-state index contributed by atoms with van der Waals surface area (Å²) in [4.78, 5) is 31.2. The third kappa shape index (κ3) is 6.62. The van der Waals surface area contributed by atoms with Crippen molar-refractivity contribution >= 4 is 27.7 Å². The second kappa shape index (κ2) is 12.5. The van der Waals surface area contributed by atoms with Crippen molar-refractivity contribution in [3.05, 3.63) is 106 Å². The molecule has 1 spiro atoms. The fourth-order valence-electron chi connectivity index (χ4n) is 6.03. The minimum Gasteiger partial charge on any atom is -0.349 e. The van der Waals surface area contributed by atoms with Crippen LogP contribution in [0.1, 0.15) is 61.3 Å². The zero-order valence-corrected chi connectivity index (χ0v) is 24.3. The summed E-state index contributed by atoms with van der Waals surface area (Å²) in [7, 11) is 0. The van der Waals surface area contributed by atoms with Crippen LogP contribution in [0.25, 0.3) is 0 Å². The van der Waals surface area contributed by atoms with Crippen LogP contribution in [0.15, 0.2) is 89.4 Å². The Bertz CT molecular complexity index is 1240. The molecule has 2 atom stereocenters. The topological polar surface area (TPSA) is 52.7 Å². The summed E-state index contributed by atoms with van der Waals surface area (Å²) in [5.41, 5.74) is 3.13. The second-order valence-electron chi connectivity index (χ2n) is 11.1. The summed E-state index contributed by atoms with van der Waals surface area (Å²) in [6, 6.07) is 28.4. The van der Waals surface area contributed by atoms with Gasteiger partial charge in [-0.3, -0.25) is 9.59 Å². The first kappa shape index (κ1) is 27.6. The highest BCUT2D eigenvalue weighted by molar-refractivity contribution is 9.10. The highest BCUT2D eigenvalue weighted by Crippen LogP contribution is 2.42. The number of hydrogen-bond acceptors (Lipinski definition) is 3. The maximum Gasteiger partial charge on any atom is 0.229 e. The normalized spacial score (nSPS) is 18.7. The van der Waals surface area contributed by atoms with Crippen molar-refractivity contribution in [2.24, 2.45) is 5.41 Å². The molecule has 0 bridgehead atoms. The number of nitrogens with zero attached hydrogens (tertiary/aromatic N) is 2. The Kier molecular flexibility index (Phi) is 8.83. The van der Waals surface area contributed by atoms with E-state index in [0.29, 0.717) is 12.5 Å². The molecule has 0 aromatic heterocycles. The van der Waals surface area contributed by atoms with Gasteiger partial charge in [0.25, 0.3) is 0 Å². The first-order valence-corrected chi connectivity index (χ1v) is 14.9. The quantitative estimate of drug-likeness (QED) is 0.319. The molecule has 3 aromatic carbocycles. The van der Waals surface area contributed by atoms with Crippen LogP contribution in [0, 0.1) is 5.41 Å². The van der Waals surface area contributed by atoms with E-state index in [1.165, 1.54) is 5.56 Å². The standard InChI is InChI=1S/C33H38BrN3O2/c1-25(27-8-4-2-5-9-27)31(38)35-30(28-10-6-3-7-11-28)16-20-36-21-17-33(18-22-36)19-23-37(32(33)39)24-26-12-14-29(34)15-13-26/h2-15,25,30H,16-24H2,1H3,(H,35,38). The summed E-state index contributed by atoms with van der Waals surface area (Å²) in [5, 5.41) is 3.33. The number of carbonyl (C=O) groups is 2. The van der Waals surface area contributed by atoms with Crippen LogP contribution in [0.5, 0.6) is 0 Å². The number of piperidine rings is 1. The summed E-state index contributed by atoms with van der Waals surface area (Å²) >= 11 is 3.49. The fourth-order valence-corrected chi connectivity index (χ4v) is 6.30. The lowest BCUT2D eigenvalue weighted by atomic mass is 9.77. The van der Waals surface area contributed by atoms with Crippen LogP contribution in [0.3, 0.4) is 0 Å². The number of rotatable bonds is 9. The van der Waals surface area contributed by atoms with E-state index >= 15 is 0 Å². The summed E-state index contributed by atoms with van der Waals surface area (Å²) in [6.45, 7) is 6.25. The molecule has 0 saturated carbocycles. The molecular formula is C33H38BrN3O2. The van der Waals surface area contributed by atoms with Gasteiger partial charge in [-0.1, -0.05) is 88.7 Å². The van der Waals surface area contributed by atoms with Crippen LogP contribution in [0.4, 0.5) is 0 Å². The van der Waals surface area contributed by atoms with Gasteiger partial charge in [0.15, 0.2) is 0 Å². The van der Waals surface area contributed by atoms with Gasteiger partial charge in [-0.15, -0.1) is 0 Å². The molecule has 2 aliphatic rings. The van der Waals surface area contributed by atoms with Gasteiger partial charge in [-0.2, -0.15) is 0 Å². The number of nitrogens with one attached hydrogen (secondary N) is 1. The number of carbonyl (C=O) groups excluding carboxylic acids is 2. The molecule has 2 aliphatic heterocycles. The van der Waals surface area contributed by atoms with Crippen LogP contribution >= 0.6 is 15.9 Å². The van der Waals surface area contributed by atoms with Crippen molar-refractivity contribution in [1.29, 1.82) is 0 Å². The van der Waals surface area contributed by atoms with Crippen LogP contribution in [0.2, 0.25) is 0 Å². The van der Waals surface area contributed by atoms with Gasteiger partial charge in [0, 0.05) is 24.1 Å². The number of likely N-dealkylation sites (tertiary alicyclic amines) is 2. The Balaban J connectivity index is 1.16. The molecule has 5 nitrogen and oxygen atoms in total. The van der Waals surface area contributed by atoms with Gasteiger partial charge in [0.2, 0.25) is 11.8 Å². The largest absolute Gasteiger partial charge is 0.349 e. The van der Waals surface area contributed by atoms with Gasteiger partial charge >= 0.3 is 0 Å². The smallest absolute Gasteiger partial charge is 0.229 e. The average molecular weight is 589 g/mol. The molecule has 2 unspecified atom stereocenters. The molecule has 0 aliphatic carbocycles. The maximum absolute atomic E-state index is 13.5. The zero-order chi connectivity index (χ0) is 27.2. The Morgan fingerprint density at radius 1 is 0.872 bits per heavy atom. The van der Waals surface area contributed by atoms with E-state index in [0.717, 1.165) is 67.5 Å². The lowest BCUT2D eigenvalue weighted by molar-refractivity contribution is -0.139. The highest BCUT2D eigenvalue weighted by atomic mass is 79.9. The lowest BCUT2D eigenvalue weighted by Gasteiger charge is -2.38. The Morgan fingerprint density at radius 3 is 2.10 bits per heavy atom. The lowest BCUT2D eigenvalue weighted by Crippen LogP contribution is -2.45. The first-order valence-electron chi connectivity index (χ1n) is 14.1. The molecule has 0 radical (unpaired) electrons. The molecule has 3 aromatic rings. The van der Waals surface area contributed by atoms with Crippen LogP contribution in [-0.2, 0) is 16.1 Å². The Morgan fingerprint density at radius 2 is 1.46 bits per heavy atom. The molecule has 5 rings (SSSR count). The maximum atomic E-state index is 13.5. The highest BCUT2D eigenvalue weighted by Gasteiger charge is 2.47. The number of halogens is 1. The first-order chi connectivity index (χ1) is 18.9. The van der Waals surface area contributed by atoms with Crippen LogP contribution in [-0.4, -0.2) is 47.8 Å². The molecule has 2 heterocycles. The number of amides is 2. The van der Waals surface area contributed by atoms with Gasteiger partial charge < -0.3 is 15.1 Å². The molecule has 2 amide bonds. The van der Waals surface area contributed by atoms with Crippen molar-refractivity contribution in [1.82, 2.24) is 15.1 Å². The van der Waals surface area contributed by atoms with E-state index in [2.05, 4.69) is 50.4 Å². The van der Waals surface area contributed by atoms with E-state index < -0.39 is 0 Å². The second-order valence-corrected chi connectivity index (χ2v) is 12.0. The Labute approximate surface area is 240 Å². The van der Waals surface area contributed by atoms with Crippen molar-refractivity contribution in [3.8, 4) is 0 Å². The molecule has 6 heteroatoms. The summed E-state index contributed by atoms with van der Waals surface area (Å²) in [6.07, 6.45) is 3.62. The molecule has 2 fully saturated rings. The van der Waals surface area contributed by atoms with E-state index in [-0.39, 0.29) is 23.3 Å². The predicted molar refractivity (Wildman–Crippen MR) is 159 cm³/mol. The Hall–Kier alpha value is -2.96. The van der Waals surface area contributed by atoms with Crippen molar-refractivity contribution < 1.29 is 9.59 Å². The monoisotopic (exact) mass is 587 g/mol. The third-order valence-corrected chi connectivity index (χ3v) is 9.17. The number of hydrogen-bond donors (Lipinski definition) is 1. The molecule has 39 heavy (non-hydrogen) atoms. The minimum absolute atomic E-state index is 0.0461. The molecule has 1 N–H and O–H groups in total. The SMILES string of the molecule is CC(C(=O)NC(CCN1CCC2(CC1)CCN(Cc1ccc(Br)cc1)C2=O)c1ccccc1)c1ccccc1. The fraction of sp³-hybridized carbons (Fsp3) is 0.394. The van der Waals surface area contributed by atoms with E-state index in [1.54, 1.807) is 0 Å². The van der Waals surface area contributed by atoms with Gasteiger partial charge in [-0.25, -0.2) is 0 Å². The van der Waals surface area contributed by atoms with Crippen molar-refractivity contribution in [2.45, 2.75) is 51.1 Å². The van der Waals surface area contributed by atoms with E-state index in [9.17, 15) is 9.59 Å². The van der Waals surface area contributed by atoms with E-state index in [1.807, 2.05) is 72.5 Å². The molecule has 204 valence electrons. The molecule has 2 saturated heterocycles. The van der Waals surface area contributed by atoms with Gasteiger partial charge in [0.1, 0.15) is 0 Å². The number of benzene rings is 3. The summed E-state index contributed by atoms with van der Waals surface area (Å²) in [5.74, 6) is 0.172. The summed E-state index contributed by atoms with van der Waals surface area (Å²) < 4.78 is 1.06. The average Bonchev–Trinajstić information content (AvgIpc) is 3.27. The van der Waals surface area contributed by atoms with Crippen molar-refractivity contribution in [3.63, 3.8) is 0 Å². The molecular weight excluding hydrogens is 550 g/mol. The van der Waals surface area contributed by atoms with Crippen LogP contribution < -0.4 is 5.32 Å². The van der Waals surface area contributed by atoms with Gasteiger partial charge in [0.05, 0.1) is 17.4 Å². The van der Waals surface area contributed by atoms with E-state index in [4.69, 9.17) is 0 Å². The predicted octanol–water partition coefficient (Wildman–Crippen LogP) is 6.31. The minimum atomic E-state index is -0.207. The third-order valence-electron chi connectivity index (χ3n) is 8.65. The van der Waals surface area contributed by atoms with Crippen molar-refractivity contribution in [2.75, 3.05) is 26.2 Å². The van der Waals surface area contributed by atoms with Gasteiger partial charge in [-0.05, 0) is 74.5 Å².